The SMILES string of the molecule is O=C(CCl)c1nnc(-c2cccc(F)c2)o1. The number of Topliss-reactive ketones (excluding diaryl/α,β-unsaturated/α-hetero) is 1. The molecule has 0 spiro atoms. The number of hydrogen-bond donors (Lipinski definition) is 0. The minimum absolute atomic E-state index is 0.0907. The van der Waals surface area contributed by atoms with Crippen molar-refractivity contribution in [3.8, 4) is 11.5 Å². The van der Waals surface area contributed by atoms with Gasteiger partial charge >= 0.3 is 0 Å². The first-order valence-electron chi connectivity index (χ1n) is 4.39. The van der Waals surface area contributed by atoms with Gasteiger partial charge in [-0.2, -0.15) is 0 Å². The van der Waals surface area contributed by atoms with Crippen molar-refractivity contribution >= 4 is 17.4 Å². The fourth-order valence-electron chi connectivity index (χ4n) is 1.13. The zero-order chi connectivity index (χ0) is 11.5. The molecule has 1 aromatic carbocycles. The van der Waals surface area contributed by atoms with E-state index in [9.17, 15) is 9.18 Å². The van der Waals surface area contributed by atoms with E-state index < -0.39 is 11.6 Å². The number of ketones is 1. The van der Waals surface area contributed by atoms with Crippen LogP contribution in [-0.4, -0.2) is 21.9 Å². The summed E-state index contributed by atoms with van der Waals surface area (Å²) in [5.41, 5.74) is 0.418. The zero-order valence-electron chi connectivity index (χ0n) is 7.98. The fourth-order valence-corrected chi connectivity index (χ4v) is 1.25. The first kappa shape index (κ1) is 10.8. The molecule has 0 amide bonds. The minimum atomic E-state index is -0.461. The van der Waals surface area contributed by atoms with Crippen molar-refractivity contribution in [3.63, 3.8) is 0 Å². The van der Waals surface area contributed by atoms with Gasteiger partial charge in [-0.25, -0.2) is 4.39 Å². The molecule has 0 radical (unpaired) electrons. The molecule has 16 heavy (non-hydrogen) atoms. The summed E-state index contributed by atoms with van der Waals surface area (Å²) >= 11 is 5.33. The van der Waals surface area contributed by atoms with E-state index >= 15 is 0 Å². The molecule has 0 aliphatic rings. The minimum Gasteiger partial charge on any atom is -0.414 e. The van der Waals surface area contributed by atoms with Crippen molar-refractivity contribution in [2.24, 2.45) is 0 Å². The average molecular weight is 241 g/mol. The second-order valence-electron chi connectivity index (χ2n) is 2.98. The average Bonchev–Trinajstić information content (AvgIpc) is 2.77. The maximum absolute atomic E-state index is 12.9. The molecule has 0 atom stereocenters. The molecule has 2 aromatic rings. The molecule has 1 aromatic heterocycles. The summed E-state index contributed by atoms with van der Waals surface area (Å²) in [4.78, 5) is 11.1. The molecule has 6 heteroatoms. The molecule has 0 fully saturated rings. The highest BCUT2D eigenvalue weighted by atomic mass is 35.5. The zero-order valence-corrected chi connectivity index (χ0v) is 8.74. The van der Waals surface area contributed by atoms with Crippen molar-refractivity contribution < 1.29 is 13.6 Å². The predicted octanol–water partition coefficient (Wildman–Crippen LogP) is 2.30. The third-order valence-corrected chi connectivity index (χ3v) is 2.10. The van der Waals surface area contributed by atoms with Gasteiger partial charge in [0.1, 0.15) is 5.82 Å². The van der Waals surface area contributed by atoms with Gasteiger partial charge in [0.05, 0.1) is 5.88 Å². The number of carbonyl (C=O) groups excluding carboxylic acids is 1. The Hall–Kier alpha value is -1.75. The van der Waals surface area contributed by atoms with Gasteiger partial charge in [-0.05, 0) is 18.2 Å². The lowest BCUT2D eigenvalue weighted by molar-refractivity contribution is 0.0985. The Morgan fingerprint density at radius 1 is 1.44 bits per heavy atom. The quantitative estimate of drug-likeness (QED) is 0.610. The molecule has 0 aliphatic heterocycles. The molecule has 0 saturated heterocycles. The van der Waals surface area contributed by atoms with Gasteiger partial charge in [0, 0.05) is 5.56 Å². The summed E-state index contributed by atoms with van der Waals surface area (Å²) < 4.78 is 18.0. The molecule has 0 aliphatic carbocycles. The Labute approximate surface area is 95.1 Å². The molecule has 1 heterocycles. The summed E-state index contributed by atoms with van der Waals surface area (Å²) in [7, 11) is 0. The van der Waals surface area contributed by atoms with Crippen LogP contribution in [0.4, 0.5) is 4.39 Å². The largest absolute Gasteiger partial charge is 0.414 e. The summed E-state index contributed by atoms with van der Waals surface area (Å²) in [5.74, 6) is -1.19. The van der Waals surface area contributed by atoms with Gasteiger partial charge in [-0.3, -0.25) is 4.79 Å². The molecule has 0 bridgehead atoms. The second kappa shape index (κ2) is 4.40. The number of hydrogen-bond acceptors (Lipinski definition) is 4. The Kier molecular flexibility index (Phi) is 2.96. The normalized spacial score (nSPS) is 10.4. The van der Waals surface area contributed by atoms with E-state index in [0.29, 0.717) is 5.56 Å². The van der Waals surface area contributed by atoms with Crippen LogP contribution in [0.25, 0.3) is 11.5 Å². The van der Waals surface area contributed by atoms with Crippen molar-refractivity contribution in [1.82, 2.24) is 10.2 Å². The van der Waals surface area contributed by atoms with E-state index in [1.807, 2.05) is 0 Å². The molecule has 0 unspecified atom stereocenters. The van der Waals surface area contributed by atoms with Gasteiger partial charge in [-0.15, -0.1) is 21.8 Å². The van der Waals surface area contributed by atoms with E-state index in [2.05, 4.69) is 10.2 Å². The van der Waals surface area contributed by atoms with Gasteiger partial charge in [-0.1, -0.05) is 6.07 Å². The number of benzene rings is 1. The summed E-state index contributed by atoms with van der Waals surface area (Å²) in [6.07, 6.45) is 0. The second-order valence-corrected chi connectivity index (χ2v) is 3.25. The Morgan fingerprint density at radius 3 is 2.94 bits per heavy atom. The number of alkyl halides is 1. The number of aromatic nitrogens is 2. The van der Waals surface area contributed by atoms with Crippen molar-refractivity contribution in [3.05, 3.63) is 36.0 Å². The topological polar surface area (TPSA) is 56.0 Å². The Balaban J connectivity index is 2.35. The van der Waals surface area contributed by atoms with Crippen LogP contribution < -0.4 is 0 Å². The van der Waals surface area contributed by atoms with Crippen LogP contribution in [0.1, 0.15) is 10.7 Å². The van der Waals surface area contributed by atoms with Gasteiger partial charge in [0.2, 0.25) is 11.7 Å². The van der Waals surface area contributed by atoms with Gasteiger partial charge in [0.15, 0.2) is 0 Å². The fraction of sp³-hybridized carbons (Fsp3) is 0.100. The standard InChI is InChI=1S/C10H6ClFN2O2/c11-5-8(15)10-14-13-9(16-10)6-2-1-3-7(12)4-6/h1-4H,5H2. The van der Waals surface area contributed by atoms with E-state index in [1.54, 1.807) is 6.07 Å². The van der Waals surface area contributed by atoms with Crippen LogP contribution in [0.3, 0.4) is 0 Å². The van der Waals surface area contributed by atoms with Crippen LogP contribution in [0, 0.1) is 5.82 Å². The highest BCUT2D eigenvalue weighted by Crippen LogP contribution is 2.18. The van der Waals surface area contributed by atoms with Crippen LogP contribution in [0.5, 0.6) is 0 Å². The molecule has 4 nitrogen and oxygen atoms in total. The van der Waals surface area contributed by atoms with Crippen molar-refractivity contribution in [2.75, 3.05) is 5.88 Å². The van der Waals surface area contributed by atoms with Crippen molar-refractivity contribution in [2.45, 2.75) is 0 Å². The molecule has 2 rings (SSSR count). The Bertz CT molecular complexity index is 527. The van der Waals surface area contributed by atoms with Crippen LogP contribution in [0.15, 0.2) is 28.7 Å². The molecular weight excluding hydrogens is 235 g/mol. The maximum atomic E-state index is 12.9. The third kappa shape index (κ3) is 2.09. The summed E-state index contributed by atoms with van der Waals surface area (Å²) in [5, 5.41) is 7.15. The summed E-state index contributed by atoms with van der Waals surface area (Å²) in [6, 6.07) is 5.65. The number of nitrogens with zero attached hydrogens (tertiary/aromatic N) is 2. The van der Waals surface area contributed by atoms with E-state index in [-0.39, 0.29) is 17.7 Å². The van der Waals surface area contributed by atoms with E-state index in [4.69, 9.17) is 16.0 Å². The molecular formula is C10H6ClFN2O2. The first-order valence-corrected chi connectivity index (χ1v) is 4.93. The maximum Gasteiger partial charge on any atom is 0.285 e. The highest BCUT2D eigenvalue weighted by molar-refractivity contribution is 6.29. The number of carbonyl (C=O) groups is 1. The predicted molar refractivity (Wildman–Crippen MR) is 54.7 cm³/mol. The third-order valence-electron chi connectivity index (χ3n) is 1.86. The van der Waals surface area contributed by atoms with Crippen LogP contribution in [-0.2, 0) is 0 Å². The lowest BCUT2D eigenvalue weighted by Gasteiger charge is -1.93. The summed E-state index contributed by atoms with van der Waals surface area (Å²) in [6.45, 7) is 0. The monoisotopic (exact) mass is 240 g/mol. The number of rotatable bonds is 3. The van der Waals surface area contributed by atoms with Crippen molar-refractivity contribution in [1.29, 1.82) is 0 Å². The van der Waals surface area contributed by atoms with Gasteiger partial charge < -0.3 is 4.42 Å². The smallest absolute Gasteiger partial charge is 0.285 e. The molecule has 0 N–H and O–H groups in total. The lowest BCUT2D eigenvalue weighted by atomic mass is 10.2. The van der Waals surface area contributed by atoms with Crippen LogP contribution >= 0.6 is 11.6 Å². The van der Waals surface area contributed by atoms with E-state index in [0.717, 1.165) is 0 Å². The van der Waals surface area contributed by atoms with Crippen LogP contribution in [0.2, 0.25) is 0 Å². The lowest BCUT2D eigenvalue weighted by Crippen LogP contribution is -1.99. The Morgan fingerprint density at radius 2 is 2.25 bits per heavy atom. The first-order chi connectivity index (χ1) is 7.70. The van der Waals surface area contributed by atoms with E-state index in [1.165, 1.54) is 18.2 Å². The molecule has 82 valence electrons. The number of halogens is 2. The van der Waals surface area contributed by atoms with Gasteiger partial charge in [0.25, 0.3) is 5.89 Å². The highest BCUT2D eigenvalue weighted by Gasteiger charge is 2.14. The molecule has 0 saturated carbocycles.